The number of hydrogen-bond donors (Lipinski definition) is 1. The first-order valence-corrected chi connectivity index (χ1v) is 6.05. The predicted molar refractivity (Wildman–Crippen MR) is 70.7 cm³/mol. The van der Waals surface area contributed by atoms with E-state index in [4.69, 9.17) is 5.11 Å². The third-order valence-electron chi connectivity index (χ3n) is 2.65. The average Bonchev–Trinajstić information content (AvgIpc) is 2.42. The minimum absolute atomic E-state index is 0.176. The number of aliphatic hydroxyl groups is 1. The Balaban J connectivity index is 2.17. The number of aliphatic hydroxyl groups excluding tert-OH is 1. The highest BCUT2D eigenvalue weighted by Gasteiger charge is 2.07. The molecule has 0 spiro atoms. The fourth-order valence-electron chi connectivity index (χ4n) is 1.74. The molecule has 18 heavy (non-hydrogen) atoms. The van der Waals surface area contributed by atoms with Crippen LogP contribution in [0.2, 0.25) is 0 Å². The van der Waals surface area contributed by atoms with Gasteiger partial charge in [-0.1, -0.05) is 36.4 Å². The third-order valence-corrected chi connectivity index (χ3v) is 2.65. The SMILES string of the molecule is OCCC=Cc1cncc[n+]1Cc1ccccc1. The Labute approximate surface area is 107 Å². The quantitative estimate of drug-likeness (QED) is 0.811. The molecule has 0 aliphatic heterocycles. The predicted octanol–water partition coefficient (Wildman–Crippen LogP) is 1.81. The molecule has 2 rings (SSSR count). The molecule has 0 fully saturated rings. The second-order valence-corrected chi connectivity index (χ2v) is 4.03. The van der Waals surface area contributed by atoms with Crippen molar-refractivity contribution in [1.29, 1.82) is 0 Å². The summed E-state index contributed by atoms with van der Waals surface area (Å²) in [5.74, 6) is 0. The molecule has 0 aliphatic carbocycles. The van der Waals surface area contributed by atoms with Gasteiger partial charge in [-0.25, -0.2) is 0 Å². The molecule has 1 aromatic heterocycles. The summed E-state index contributed by atoms with van der Waals surface area (Å²) >= 11 is 0. The first kappa shape index (κ1) is 12.5. The maximum atomic E-state index is 8.78. The normalized spacial score (nSPS) is 10.9. The molecule has 0 aliphatic rings. The fourth-order valence-corrected chi connectivity index (χ4v) is 1.74. The second kappa shape index (κ2) is 6.67. The molecule has 0 saturated heterocycles. The zero-order valence-electron chi connectivity index (χ0n) is 10.2. The molecule has 0 saturated carbocycles. The molecular formula is C15H17N2O+. The van der Waals surface area contributed by atoms with Crippen molar-refractivity contribution in [2.75, 3.05) is 6.61 Å². The topological polar surface area (TPSA) is 37.0 Å². The summed E-state index contributed by atoms with van der Waals surface area (Å²) in [4.78, 5) is 4.13. The monoisotopic (exact) mass is 241 g/mol. The lowest BCUT2D eigenvalue weighted by molar-refractivity contribution is -0.690. The van der Waals surface area contributed by atoms with Crippen LogP contribution in [-0.2, 0) is 6.54 Å². The van der Waals surface area contributed by atoms with Crippen LogP contribution in [-0.4, -0.2) is 16.7 Å². The van der Waals surface area contributed by atoms with Gasteiger partial charge in [-0.3, -0.25) is 4.98 Å². The van der Waals surface area contributed by atoms with E-state index in [1.54, 1.807) is 6.20 Å². The van der Waals surface area contributed by atoms with Crippen LogP contribution in [0.1, 0.15) is 17.7 Å². The Morgan fingerprint density at radius 1 is 1.22 bits per heavy atom. The van der Waals surface area contributed by atoms with E-state index in [9.17, 15) is 0 Å². The van der Waals surface area contributed by atoms with Crippen LogP contribution in [0, 0.1) is 0 Å². The van der Waals surface area contributed by atoms with E-state index >= 15 is 0 Å². The maximum absolute atomic E-state index is 8.78. The molecule has 0 unspecified atom stereocenters. The number of nitrogens with zero attached hydrogens (tertiary/aromatic N) is 2. The zero-order valence-corrected chi connectivity index (χ0v) is 10.2. The Bertz CT molecular complexity index is 509. The molecule has 1 aromatic carbocycles. The zero-order chi connectivity index (χ0) is 12.6. The van der Waals surface area contributed by atoms with Gasteiger partial charge < -0.3 is 5.11 Å². The van der Waals surface area contributed by atoms with Crippen LogP contribution in [0.3, 0.4) is 0 Å². The Hall–Kier alpha value is -2.00. The summed E-state index contributed by atoms with van der Waals surface area (Å²) in [6.45, 7) is 0.998. The summed E-state index contributed by atoms with van der Waals surface area (Å²) in [7, 11) is 0. The second-order valence-electron chi connectivity index (χ2n) is 4.03. The van der Waals surface area contributed by atoms with E-state index in [0.717, 1.165) is 12.2 Å². The lowest BCUT2D eigenvalue weighted by Crippen LogP contribution is -2.37. The van der Waals surface area contributed by atoms with Gasteiger partial charge in [0.1, 0.15) is 0 Å². The highest BCUT2D eigenvalue weighted by Crippen LogP contribution is 2.00. The molecule has 3 nitrogen and oxygen atoms in total. The van der Waals surface area contributed by atoms with Crippen molar-refractivity contribution in [1.82, 2.24) is 4.98 Å². The highest BCUT2D eigenvalue weighted by molar-refractivity contribution is 5.39. The van der Waals surface area contributed by atoms with Crippen LogP contribution in [0.25, 0.3) is 6.08 Å². The lowest BCUT2D eigenvalue weighted by Gasteiger charge is -2.00. The van der Waals surface area contributed by atoms with Crippen molar-refractivity contribution in [3.63, 3.8) is 0 Å². The van der Waals surface area contributed by atoms with Gasteiger partial charge in [-0.15, -0.1) is 0 Å². The van der Waals surface area contributed by atoms with Gasteiger partial charge in [0.25, 0.3) is 0 Å². The molecule has 1 heterocycles. The van der Waals surface area contributed by atoms with Crippen LogP contribution in [0.5, 0.6) is 0 Å². The maximum Gasteiger partial charge on any atom is 0.223 e. The molecule has 3 heteroatoms. The summed E-state index contributed by atoms with van der Waals surface area (Å²) in [6.07, 6.45) is 10.2. The van der Waals surface area contributed by atoms with Crippen LogP contribution in [0.4, 0.5) is 0 Å². The number of hydrogen-bond acceptors (Lipinski definition) is 2. The minimum Gasteiger partial charge on any atom is -0.396 e. The van der Waals surface area contributed by atoms with E-state index in [0.29, 0.717) is 6.42 Å². The highest BCUT2D eigenvalue weighted by atomic mass is 16.2. The van der Waals surface area contributed by atoms with Gasteiger partial charge >= 0.3 is 0 Å². The Kier molecular flexibility index (Phi) is 4.61. The number of aromatic nitrogens is 2. The van der Waals surface area contributed by atoms with E-state index in [-0.39, 0.29) is 6.61 Å². The third kappa shape index (κ3) is 3.50. The van der Waals surface area contributed by atoms with Gasteiger partial charge in [-0.2, -0.15) is 4.57 Å². The average molecular weight is 241 g/mol. The van der Waals surface area contributed by atoms with Gasteiger partial charge in [0, 0.05) is 18.2 Å². The van der Waals surface area contributed by atoms with E-state index < -0.39 is 0 Å². The molecule has 0 bridgehead atoms. The molecular weight excluding hydrogens is 224 g/mol. The largest absolute Gasteiger partial charge is 0.396 e. The van der Waals surface area contributed by atoms with Gasteiger partial charge in [-0.05, 0) is 6.42 Å². The first-order valence-electron chi connectivity index (χ1n) is 6.05. The van der Waals surface area contributed by atoms with Crippen molar-refractivity contribution in [3.8, 4) is 0 Å². The van der Waals surface area contributed by atoms with E-state index in [2.05, 4.69) is 21.7 Å². The van der Waals surface area contributed by atoms with Crippen molar-refractivity contribution >= 4 is 6.08 Å². The number of rotatable bonds is 5. The first-order chi connectivity index (χ1) is 8.90. The smallest absolute Gasteiger partial charge is 0.223 e. The van der Waals surface area contributed by atoms with Gasteiger partial charge in [0.15, 0.2) is 12.7 Å². The number of benzene rings is 1. The molecule has 0 atom stereocenters. The summed E-state index contributed by atoms with van der Waals surface area (Å²) in [5.41, 5.74) is 2.29. The minimum atomic E-state index is 0.176. The lowest BCUT2D eigenvalue weighted by atomic mass is 10.2. The van der Waals surface area contributed by atoms with Gasteiger partial charge in [0.2, 0.25) is 5.69 Å². The van der Waals surface area contributed by atoms with Crippen molar-refractivity contribution in [3.05, 3.63) is 66.3 Å². The van der Waals surface area contributed by atoms with Crippen molar-refractivity contribution in [2.45, 2.75) is 13.0 Å². The fraction of sp³-hybridized carbons (Fsp3) is 0.200. The Morgan fingerprint density at radius 3 is 2.83 bits per heavy atom. The molecule has 0 amide bonds. The summed E-state index contributed by atoms with van der Waals surface area (Å²) in [5, 5.41) is 8.78. The summed E-state index contributed by atoms with van der Waals surface area (Å²) in [6, 6.07) is 10.3. The molecule has 2 aromatic rings. The Morgan fingerprint density at radius 2 is 2.06 bits per heavy atom. The van der Waals surface area contributed by atoms with E-state index in [1.807, 2.05) is 42.7 Å². The van der Waals surface area contributed by atoms with Gasteiger partial charge in [0.05, 0.1) is 12.4 Å². The summed E-state index contributed by atoms with van der Waals surface area (Å²) < 4.78 is 2.14. The molecule has 92 valence electrons. The van der Waals surface area contributed by atoms with Crippen molar-refractivity contribution in [2.24, 2.45) is 0 Å². The standard InChI is InChI=1S/C15H17N2O/c18-11-5-4-8-15-12-16-9-10-17(15)13-14-6-2-1-3-7-14/h1-4,6-10,12,18H,5,11,13H2/q+1. The molecule has 0 radical (unpaired) electrons. The van der Waals surface area contributed by atoms with Crippen molar-refractivity contribution < 1.29 is 9.67 Å². The van der Waals surface area contributed by atoms with Crippen LogP contribution < -0.4 is 4.57 Å². The van der Waals surface area contributed by atoms with Crippen LogP contribution in [0.15, 0.2) is 55.0 Å². The van der Waals surface area contributed by atoms with Crippen LogP contribution >= 0.6 is 0 Å². The van der Waals surface area contributed by atoms with E-state index in [1.165, 1.54) is 5.56 Å². The molecule has 1 N–H and O–H groups in total.